The van der Waals surface area contributed by atoms with Crippen LogP contribution in [0.2, 0.25) is 0 Å². The third kappa shape index (κ3) is 6.82. The van der Waals surface area contributed by atoms with Crippen molar-refractivity contribution in [2.45, 2.75) is 45.7 Å². The minimum Gasteiger partial charge on any atom is -0.379 e. The maximum absolute atomic E-state index is 5.55. The Morgan fingerprint density at radius 1 is 1.28 bits per heavy atom. The van der Waals surface area contributed by atoms with E-state index in [-0.39, 0.29) is 24.0 Å². The highest BCUT2D eigenvalue weighted by atomic mass is 127. The molecule has 3 atom stereocenters. The normalized spacial score (nSPS) is 25.0. The van der Waals surface area contributed by atoms with E-state index in [0.717, 1.165) is 51.9 Å². The van der Waals surface area contributed by atoms with Gasteiger partial charge in [-0.3, -0.25) is 9.89 Å². The average molecular weight is 518 g/mol. The maximum atomic E-state index is 5.55. The highest BCUT2D eigenvalue weighted by Gasteiger charge is 2.29. The zero-order chi connectivity index (χ0) is 19.9. The molecule has 1 aromatic heterocycles. The third-order valence-corrected chi connectivity index (χ3v) is 6.14. The molecule has 0 bridgehead atoms. The second-order valence-corrected chi connectivity index (χ2v) is 8.65. The van der Waals surface area contributed by atoms with Crippen LogP contribution in [-0.4, -0.2) is 84.3 Å². The standard InChI is InChI=1S/C21H38N6O.HI/c1-17(2)13-19(25-9-11-28-12-10-25)14-24-21(22-4)26-7-5-18(3)20(15-26)27-8-6-23-16-27;/h6,8,16-20H,5,7,9-15H2,1-4H3,(H,22,24);1H. The Morgan fingerprint density at radius 2 is 2.03 bits per heavy atom. The lowest BCUT2D eigenvalue weighted by atomic mass is 9.93. The topological polar surface area (TPSA) is 57.9 Å². The number of morpholine rings is 1. The van der Waals surface area contributed by atoms with Gasteiger partial charge in [0.05, 0.1) is 25.6 Å². The average Bonchev–Trinajstić information content (AvgIpc) is 3.23. The Labute approximate surface area is 193 Å². The first-order valence-corrected chi connectivity index (χ1v) is 10.8. The Morgan fingerprint density at radius 3 is 2.66 bits per heavy atom. The molecule has 0 spiro atoms. The summed E-state index contributed by atoms with van der Waals surface area (Å²) in [6, 6.07) is 0.967. The van der Waals surface area contributed by atoms with Gasteiger partial charge in [-0.15, -0.1) is 24.0 Å². The molecule has 0 aromatic carbocycles. The van der Waals surface area contributed by atoms with Gasteiger partial charge in [0.2, 0.25) is 0 Å². The van der Waals surface area contributed by atoms with Gasteiger partial charge in [-0.05, 0) is 24.7 Å². The lowest BCUT2D eigenvalue weighted by molar-refractivity contribution is 0.0131. The summed E-state index contributed by atoms with van der Waals surface area (Å²) in [4.78, 5) is 13.8. The summed E-state index contributed by atoms with van der Waals surface area (Å²) in [6.45, 7) is 13.7. The number of piperidine rings is 1. The van der Waals surface area contributed by atoms with Crippen LogP contribution in [0.15, 0.2) is 23.7 Å². The fourth-order valence-corrected chi connectivity index (χ4v) is 4.48. The van der Waals surface area contributed by atoms with E-state index in [0.29, 0.717) is 23.9 Å². The van der Waals surface area contributed by atoms with Crippen LogP contribution in [-0.2, 0) is 4.74 Å². The van der Waals surface area contributed by atoms with Gasteiger partial charge in [0.25, 0.3) is 0 Å². The number of nitrogens with one attached hydrogen (secondary N) is 1. The van der Waals surface area contributed by atoms with Crippen molar-refractivity contribution in [3.05, 3.63) is 18.7 Å². The number of guanidine groups is 1. The van der Waals surface area contributed by atoms with Gasteiger partial charge < -0.3 is 19.5 Å². The van der Waals surface area contributed by atoms with Crippen molar-refractivity contribution in [1.29, 1.82) is 0 Å². The van der Waals surface area contributed by atoms with E-state index < -0.39 is 0 Å². The number of halogens is 1. The number of aromatic nitrogens is 2. The largest absolute Gasteiger partial charge is 0.379 e. The molecule has 0 saturated carbocycles. The molecule has 166 valence electrons. The lowest BCUT2D eigenvalue weighted by Crippen LogP contribution is -2.53. The molecule has 3 unspecified atom stereocenters. The Hall–Kier alpha value is -0.870. The van der Waals surface area contributed by atoms with Gasteiger partial charge in [-0.25, -0.2) is 4.98 Å². The Bertz CT molecular complexity index is 602. The molecule has 2 aliphatic heterocycles. The van der Waals surface area contributed by atoms with Gasteiger partial charge >= 0.3 is 0 Å². The molecule has 3 rings (SSSR count). The van der Waals surface area contributed by atoms with Crippen LogP contribution in [0.25, 0.3) is 0 Å². The summed E-state index contributed by atoms with van der Waals surface area (Å²) in [5, 5.41) is 3.69. The van der Waals surface area contributed by atoms with Gasteiger partial charge in [0, 0.05) is 58.2 Å². The molecule has 1 N–H and O–H groups in total. The maximum Gasteiger partial charge on any atom is 0.193 e. The molecule has 0 amide bonds. The first-order chi connectivity index (χ1) is 13.6. The van der Waals surface area contributed by atoms with Crippen molar-refractivity contribution >= 4 is 29.9 Å². The summed E-state index contributed by atoms with van der Waals surface area (Å²) >= 11 is 0. The van der Waals surface area contributed by atoms with E-state index in [1.54, 1.807) is 0 Å². The van der Waals surface area contributed by atoms with E-state index in [1.807, 2.05) is 19.6 Å². The quantitative estimate of drug-likeness (QED) is 0.357. The summed E-state index contributed by atoms with van der Waals surface area (Å²) < 4.78 is 7.80. The predicted molar refractivity (Wildman–Crippen MR) is 129 cm³/mol. The van der Waals surface area contributed by atoms with E-state index in [9.17, 15) is 0 Å². The van der Waals surface area contributed by atoms with Crippen LogP contribution in [0.4, 0.5) is 0 Å². The number of rotatable bonds is 6. The van der Waals surface area contributed by atoms with Gasteiger partial charge in [-0.2, -0.15) is 0 Å². The number of ether oxygens (including phenoxy) is 1. The molecule has 3 heterocycles. The van der Waals surface area contributed by atoms with Crippen LogP contribution in [0.3, 0.4) is 0 Å². The SMILES string of the molecule is CN=C(NCC(CC(C)C)N1CCOCC1)N1CCC(C)C(n2ccnc2)C1.I. The van der Waals surface area contributed by atoms with Crippen LogP contribution < -0.4 is 5.32 Å². The minimum atomic E-state index is 0. The molecular formula is C21H39IN6O. The molecule has 2 saturated heterocycles. The minimum absolute atomic E-state index is 0. The number of imidazole rings is 1. The molecular weight excluding hydrogens is 479 g/mol. The zero-order valence-electron chi connectivity index (χ0n) is 18.5. The molecule has 2 aliphatic rings. The van der Waals surface area contributed by atoms with E-state index in [1.165, 1.54) is 12.8 Å². The predicted octanol–water partition coefficient (Wildman–Crippen LogP) is 2.71. The molecule has 7 nitrogen and oxygen atoms in total. The molecule has 1 aromatic rings. The highest BCUT2D eigenvalue weighted by molar-refractivity contribution is 14.0. The molecule has 0 radical (unpaired) electrons. The lowest BCUT2D eigenvalue weighted by Gasteiger charge is -2.40. The smallest absolute Gasteiger partial charge is 0.193 e. The molecule has 29 heavy (non-hydrogen) atoms. The van der Waals surface area contributed by atoms with Crippen molar-refractivity contribution < 1.29 is 4.74 Å². The number of hydrogen-bond donors (Lipinski definition) is 1. The van der Waals surface area contributed by atoms with E-state index in [2.05, 4.69) is 56.6 Å². The van der Waals surface area contributed by atoms with E-state index >= 15 is 0 Å². The Balaban J connectivity index is 0.00000300. The van der Waals surface area contributed by atoms with Crippen LogP contribution in [0.1, 0.15) is 39.7 Å². The zero-order valence-corrected chi connectivity index (χ0v) is 20.8. The number of hydrogen-bond acceptors (Lipinski definition) is 4. The van der Waals surface area contributed by atoms with Crippen molar-refractivity contribution in [2.75, 3.05) is 53.0 Å². The summed E-state index contributed by atoms with van der Waals surface area (Å²) in [7, 11) is 1.90. The summed E-state index contributed by atoms with van der Waals surface area (Å²) in [6.07, 6.45) is 8.26. The van der Waals surface area contributed by atoms with Crippen molar-refractivity contribution in [2.24, 2.45) is 16.8 Å². The fourth-order valence-electron chi connectivity index (χ4n) is 4.48. The van der Waals surface area contributed by atoms with Gasteiger partial charge in [-0.1, -0.05) is 20.8 Å². The second kappa shape index (κ2) is 12.1. The van der Waals surface area contributed by atoms with Crippen LogP contribution >= 0.6 is 24.0 Å². The first-order valence-electron chi connectivity index (χ1n) is 10.8. The van der Waals surface area contributed by atoms with Crippen LogP contribution in [0, 0.1) is 11.8 Å². The van der Waals surface area contributed by atoms with Gasteiger partial charge in [0.1, 0.15) is 0 Å². The highest BCUT2D eigenvalue weighted by Crippen LogP contribution is 2.27. The monoisotopic (exact) mass is 518 g/mol. The number of nitrogens with zero attached hydrogens (tertiary/aromatic N) is 5. The van der Waals surface area contributed by atoms with Gasteiger partial charge in [0.15, 0.2) is 5.96 Å². The Kier molecular flexibility index (Phi) is 10.2. The van der Waals surface area contributed by atoms with Crippen molar-refractivity contribution in [3.63, 3.8) is 0 Å². The summed E-state index contributed by atoms with van der Waals surface area (Å²) in [5.74, 6) is 2.35. The first kappa shape index (κ1) is 24.4. The molecule has 0 aliphatic carbocycles. The summed E-state index contributed by atoms with van der Waals surface area (Å²) in [5.41, 5.74) is 0. The van der Waals surface area contributed by atoms with Crippen molar-refractivity contribution in [1.82, 2.24) is 24.7 Å². The van der Waals surface area contributed by atoms with E-state index in [4.69, 9.17) is 4.74 Å². The second-order valence-electron chi connectivity index (χ2n) is 8.65. The van der Waals surface area contributed by atoms with Crippen LogP contribution in [0.5, 0.6) is 0 Å². The fraction of sp³-hybridized carbons (Fsp3) is 0.810. The molecule has 8 heteroatoms. The number of aliphatic imine (C=N–C) groups is 1. The number of likely N-dealkylation sites (tertiary alicyclic amines) is 1. The molecule has 2 fully saturated rings. The third-order valence-electron chi connectivity index (χ3n) is 6.14. The van der Waals surface area contributed by atoms with Crippen molar-refractivity contribution in [3.8, 4) is 0 Å².